The second kappa shape index (κ2) is 5.49. The Bertz CT molecular complexity index is 440. The average molecular weight is 263 g/mol. The van der Waals surface area contributed by atoms with Crippen LogP contribution >= 0.6 is 0 Å². The Morgan fingerprint density at radius 3 is 2.84 bits per heavy atom. The van der Waals surface area contributed by atoms with Crippen LogP contribution in [-0.2, 0) is 6.42 Å². The van der Waals surface area contributed by atoms with Gasteiger partial charge in [-0.15, -0.1) is 0 Å². The molecule has 1 aromatic rings. The number of nitrogens with one attached hydrogen (secondary N) is 1. The Morgan fingerprint density at radius 2 is 2.05 bits per heavy atom. The van der Waals surface area contributed by atoms with E-state index in [-0.39, 0.29) is 11.9 Å². The SMILES string of the molecule is CC1CCC(NCC2Cc3cc(F)ccc3O2)CC1. The molecule has 0 aromatic heterocycles. The molecule has 1 fully saturated rings. The summed E-state index contributed by atoms with van der Waals surface area (Å²) in [7, 11) is 0. The molecule has 0 amide bonds. The van der Waals surface area contributed by atoms with Gasteiger partial charge in [-0.3, -0.25) is 0 Å². The molecule has 3 rings (SSSR count). The van der Waals surface area contributed by atoms with Gasteiger partial charge in [-0.2, -0.15) is 0 Å². The summed E-state index contributed by atoms with van der Waals surface area (Å²) < 4.78 is 19.0. The summed E-state index contributed by atoms with van der Waals surface area (Å²) in [6.07, 6.45) is 6.19. The molecule has 1 unspecified atom stereocenters. The second-order valence-electron chi connectivity index (χ2n) is 6.06. The van der Waals surface area contributed by atoms with E-state index in [9.17, 15) is 4.39 Å². The molecule has 2 aliphatic rings. The van der Waals surface area contributed by atoms with Crippen molar-refractivity contribution in [3.8, 4) is 5.75 Å². The molecule has 0 saturated heterocycles. The number of fused-ring (bicyclic) bond motifs is 1. The van der Waals surface area contributed by atoms with E-state index in [1.807, 2.05) is 0 Å². The average Bonchev–Trinajstić information content (AvgIpc) is 2.80. The molecule has 2 nitrogen and oxygen atoms in total. The zero-order valence-corrected chi connectivity index (χ0v) is 11.5. The molecule has 1 heterocycles. The largest absolute Gasteiger partial charge is 0.488 e. The summed E-state index contributed by atoms with van der Waals surface area (Å²) >= 11 is 0. The molecule has 3 heteroatoms. The highest BCUT2D eigenvalue weighted by Crippen LogP contribution is 2.29. The Morgan fingerprint density at radius 1 is 1.26 bits per heavy atom. The van der Waals surface area contributed by atoms with E-state index in [0.717, 1.165) is 30.2 Å². The maximum atomic E-state index is 13.1. The number of ether oxygens (including phenoxy) is 1. The highest BCUT2D eigenvalue weighted by molar-refractivity contribution is 5.37. The maximum Gasteiger partial charge on any atom is 0.123 e. The lowest BCUT2D eigenvalue weighted by Gasteiger charge is -2.27. The number of benzene rings is 1. The highest BCUT2D eigenvalue weighted by atomic mass is 19.1. The first kappa shape index (κ1) is 12.9. The van der Waals surface area contributed by atoms with Gasteiger partial charge >= 0.3 is 0 Å². The molecule has 0 radical (unpaired) electrons. The van der Waals surface area contributed by atoms with E-state index >= 15 is 0 Å². The summed E-state index contributed by atoms with van der Waals surface area (Å²) in [5.74, 6) is 1.57. The quantitative estimate of drug-likeness (QED) is 0.903. The van der Waals surface area contributed by atoms with Gasteiger partial charge in [0.15, 0.2) is 0 Å². The van der Waals surface area contributed by atoms with E-state index in [1.54, 1.807) is 12.1 Å². The van der Waals surface area contributed by atoms with E-state index in [0.29, 0.717) is 6.04 Å². The van der Waals surface area contributed by atoms with Gasteiger partial charge in [0.1, 0.15) is 17.7 Å². The van der Waals surface area contributed by atoms with Crippen LogP contribution in [0.15, 0.2) is 18.2 Å². The second-order valence-corrected chi connectivity index (χ2v) is 6.06. The lowest BCUT2D eigenvalue weighted by atomic mass is 9.87. The molecular formula is C16H22FNO. The van der Waals surface area contributed by atoms with Gasteiger partial charge in [-0.05, 0) is 49.8 Å². The van der Waals surface area contributed by atoms with Crippen molar-refractivity contribution in [2.75, 3.05) is 6.54 Å². The van der Waals surface area contributed by atoms with Crippen LogP contribution in [-0.4, -0.2) is 18.7 Å². The molecule has 104 valence electrons. The number of halogens is 1. The fourth-order valence-electron chi connectivity index (χ4n) is 3.17. The first-order chi connectivity index (χ1) is 9.20. The lowest BCUT2D eigenvalue weighted by molar-refractivity contribution is 0.209. The summed E-state index contributed by atoms with van der Waals surface area (Å²) in [5, 5.41) is 3.61. The van der Waals surface area contributed by atoms with Crippen LogP contribution in [0, 0.1) is 11.7 Å². The normalized spacial score (nSPS) is 29.9. The van der Waals surface area contributed by atoms with Crippen molar-refractivity contribution in [1.29, 1.82) is 0 Å². The van der Waals surface area contributed by atoms with Crippen molar-refractivity contribution < 1.29 is 9.13 Å². The molecule has 19 heavy (non-hydrogen) atoms. The summed E-state index contributed by atoms with van der Waals surface area (Å²) in [4.78, 5) is 0. The lowest BCUT2D eigenvalue weighted by Crippen LogP contribution is -2.39. The van der Waals surface area contributed by atoms with Crippen LogP contribution in [0.1, 0.15) is 38.2 Å². The van der Waals surface area contributed by atoms with Gasteiger partial charge in [0, 0.05) is 24.6 Å². The summed E-state index contributed by atoms with van der Waals surface area (Å²) in [6, 6.07) is 5.45. The van der Waals surface area contributed by atoms with Crippen molar-refractivity contribution in [2.45, 2.75) is 51.2 Å². The molecule has 1 N–H and O–H groups in total. The Labute approximate surface area is 114 Å². The number of hydrogen-bond acceptors (Lipinski definition) is 2. The predicted molar refractivity (Wildman–Crippen MR) is 73.9 cm³/mol. The molecule has 0 spiro atoms. The topological polar surface area (TPSA) is 21.3 Å². The smallest absolute Gasteiger partial charge is 0.123 e. The minimum absolute atomic E-state index is 0.163. The first-order valence-corrected chi connectivity index (χ1v) is 7.39. The third-order valence-electron chi connectivity index (χ3n) is 4.41. The molecule has 1 atom stereocenters. The van der Waals surface area contributed by atoms with Crippen LogP contribution in [0.3, 0.4) is 0 Å². The van der Waals surface area contributed by atoms with E-state index in [1.165, 1.54) is 31.7 Å². The zero-order valence-electron chi connectivity index (χ0n) is 11.5. The summed E-state index contributed by atoms with van der Waals surface area (Å²) in [6.45, 7) is 3.21. The first-order valence-electron chi connectivity index (χ1n) is 7.39. The Kier molecular flexibility index (Phi) is 3.74. The monoisotopic (exact) mass is 263 g/mol. The van der Waals surface area contributed by atoms with Crippen LogP contribution in [0.4, 0.5) is 4.39 Å². The summed E-state index contributed by atoms with van der Waals surface area (Å²) in [5.41, 5.74) is 1.00. The molecule has 1 aromatic carbocycles. The maximum absolute atomic E-state index is 13.1. The third-order valence-corrected chi connectivity index (χ3v) is 4.41. The Balaban J connectivity index is 1.48. The minimum Gasteiger partial charge on any atom is -0.488 e. The van der Waals surface area contributed by atoms with Crippen LogP contribution < -0.4 is 10.1 Å². The van der Waals surface area contributed by atoms with Crippen molar-refractivity contribution in [1.82, 2.24) is 5.32 Å². The van der Waals surface area contributed by atoms with Gasteiger partial charge in [-0.1, -0.05) is 6.92 Å². The van der Waals surface area contributed by atoms with Gasteiger partial charge in [0.25, 0.3) is 0 Å². The number of hydrogen-bond donors (Lipinski definition) is 1. The van der Waals surface area contributed by atoms with Gasteiger partial charge in [0.05, 0.1) is 0 Å². The van der Waals surface area contributed by atoms with Gasteiger partial charge in [0.2, 0.25) is 0 Å². The van der Waals surface area contributed by atoms with Crippen molar-refractivity contribution in [3.05, 3.63) is 29.6 Å². The van der Waals surface area contributed by atoms with Gasteiger partial charge in [-0.25, -0.2) is 4.39 Å². The third kappa shape index (κ3) is 3.08. The Hall–Kier alpha value is -1.09. The molecule has 1 aliphatic heterocycles. The number of rotatable bonds is 3. The minimum atomic E-state index is -0.169. The van der Waals surface area contributed by atoms with Crippen molar-refractivity contribution in [3.63, 3.8) is 0 Å². The van der Waals surface area contributed by atoms with Gasteiger partial charge < -0.3 is 10.1 Å². The van der Waals surface area contributed by atoms with Crippen LogP contribution in [0.5, 0.6) is 5.75 Å². The fourth-order valence-corrected chi connectivity index (χ4v) is 3.17. The van der Waals surface area contributed by atoms with E-state index in [4.69, 9.17) is 4.74 Å². The van der Waals surface area contributed by atoms with Crippen molar-refractivity contribution in [2.24, 2.45) is 5.92 Å². The predicted octanol–water partition coefficient (Wildman–Crippen LogP) is 3.30. The fraction of sp³-hybridized carbons (Fsp3) is 0.625. The van der Waals surface area contributed by atoms with Crippen LogP contribution in [0.25, 0.3) is 0 Å². The molecular weight excluding hydrogens is 241 g/mol. The molecule has 1 saturated carbocycles. The van der Waals surface area contributed by atoms with Crippen LogP contribution in [0.2, 0.25) is 0 Å². The zero-order chi connectivity index (χ0) is 13.2. The molecule has 0 bridgehead atoms. The van der Waals surface area contributed by atoms with E-state index in [2.05, 4.69) is 12.2 Å². The standard InChI is InChI=1S/C16H22FNO/c1-11-2-5-14(6-3-11)18-10-15-9-12-8-13(17)4-7-16(12)19-15/h4,7-8,11,14-15,18H,2-3,5-6,9-10H2,1H3. The van der Waals surface area contributed by atoms with E-state index < -0.39 is 0 Å². The molecule has 1 aliphatic carbocycles. The highest BCUT2D eigenvalue weighted by Gasteiger charge is 2.25. The van der Waals surface area contributed by atoms with Crippen molar-refractivity contribution >= 4 is 0 Å².